The lowest BCUT2D eigenvalue weighted by atomic mass is 9.98. The predicted molar refractivity (Wildman–Crippen MR) is 87.9 cm³/mol. The summed E-state index contributed by atoms with van der Waals surface area (Å²) >= 11 is 1.46. The van der Waals surface area contributed by atoms with Crippen LogP contribution >= 0.6 is 11.3 Å². The molecule has 1 aromatic carbocycles. The van der Waals surface area contributed by atoms with E-state index in [2.05, 4.69) is 36.3 Å². The van der Waals surface area contributed by atoms with E-state index in [1.807, 2.05) is 0 Å². The van der Waals surface area contributed by atoms with E-state index in [1.54, 1.807) is 13.0 Å². The van der Waals surface area contributed by atoms with Crippen LogP contribution in [0.2, 0.25) is 0 Å². The van der Waals surface area contributed by atoms with Gasteiger partial charge >= 0.3 is 5.97 Å². The number of carbonyl (C=O) groups excluding carboxylic acids is 1. The molecule has 0 saturated heterocycles. The second-order valence-electron chi connectivity index (χ2n) is 6.33. The number of benzene rings is 1. The number of aromatic nitrogens is 2. The maximum Gasteiger partial charge on any atom is 0.335 e. The Balaban J connectivity index is 2.08. The second kappa shape index (κ2) is 6.45. The average molecular weight is 333 g/mol. The van der Waals surface area contributed by atoms with Gasteiger partial charge in [0.2, 0.25) is 0 Å². The Kier molecular flexibility index (Phi) is 4.79. The summed E-state index contributed by atoms with van der Waals surface area (Å²) in [5, 5.41) is 21.6. The van der Waals surface area contributed by atoms with Crippen LogP contribution in [-0.4, -0.2) is 27.2 Å². The van der Waals surface area contributed by atoms with Crippen molar-refractivity contribution in [3.8, 4) is 0 Å². The number of aromatic carboxylic acids is 1. The number of carbonyl (C=O) groups is 2. The largest absolute Gasteiger partial charge is 0.478 e. The summed E-state index contributed by atoms with van der Waals surface area (Å²) in [6.07, 6.45) is 0. The van der Waals surface area contributed by atoms with E-state index >= 15 is 0 Å². The van der Waals surface area contributed by atoms with Crippen molar-refractivity contribution in [1.82, 2.24) is 15.5 Å². The molecule has 0 unspecified atom stereocenters. The Morgan fingerprint density at radius 2 is 1.83 bits per heavy atom. The van der Waals surface area contributed by atoms with Crippen LogP contribution in [0.15, 0.2) is 18.2 Å². The lowest BCUT2D eigenvalue weighted by molar-refractivity contribution is 0.0696. The zero-order chi connectivity index (χ0) is 17.2. The van der Waals surface area contributed by atoms with Crippen molar-refractivity contribution in [2.24, 2.45) is 0 Å². The monoisotopic (exact) mass is 333 g/mol. The predicted octanol–water partition coefficient (Wildman–Crippen LogP) is 2.77. The number of carboxylic acids is 1. The van der Waals surface area contributed by atoms with Gasteiger partial charge in [-0.25, -0.2) is 4.79 Å². The molecule has 1 heterocycles. The molecule has 1 amide bonds. The third-order valence-electron chi connectivity index (χ3n) is 3.10. The normalized spacial score (nSPS) is 11.3. The quantitative estimate of drug-likeness (QED) is 0.897. The van der Waals surface area contributed by atoms with E-state index in [0.29, 0.717) is 5.56 Å². The third-order valence-corrected chi connectivity index (χ3v) is 4.44. The molecule has 0 aliphatic rings. The lowest BCUT2D eigenvalue weighted by Crippen LogP contribution is -2.23. The number of nitrogens with zero attached hydrogens (tertiary/aromatic N) is 2. The summed E-state index contributed by atoms with van der Waals surface area (Å²) in [5.74, 6) is -1.38. The van der Waals surface area contributed by atoms with Crippen LogP contribution in [0, 0.1) is 6.92 Å². The third kappa shape index (κ3) is 4.35. The van der Waals surface area contributed by atoms with Crippen LogP contribution < -0.4 is 5.32 Å². The van der Waals surface area contributed by atoms with E-state index in [9.17, 15) is 9.59 Å². The van der Waals surface area contributed by atoms with Crippen molar-refractivity contribution in [1.29, 1.82) is 0 Å². The summed E-state index contributed by atoms with van der Waals surface area (Å²) in [7, 11) is 0. The SMILES string of the molecule is Cc1cc(C(=O)O)cc(C(=O)NCc2nnc(C(C)(C)C)s2)c1. The zero-order valence-corrected chi connectivity index (χ0v) is 14.3. The molecule has 2 N–H and O–H groups in total. The van der Waals surface area contributed by atoms with Gasteiger partial charge in [-0.3, -0.25) is 4.79 Å². The Morgan fingerprint density at radius 1 is 1.17 bits per heavy atom. The van der Waals surface area contributed by atoms with Gasteiger partial charge in [0.15, 0.2) is 0 Å². The minimum atomic E-state index is -1.05. The molecule has 0 aliphatic heterocycles. The van der Waals surface area contributed by atoms with Crippen LogP contribution in [0.4, 0.5) is 0 Å². The maximum absolute atomic E-state index is 12.2. The standard InChI is InChI=1S/C16H19N3O3S/c1-9-5-10(7-11(6-9)14(21)22)13(20)17-8-12-18-19-15(23-12)16(2,3)4/h5-7H,8H2,1-4H3,(H,17,20)(H,21,22). The first-order valence-corrected chi connectivity index (χ1v) is 7.94. The number of rotatable bonds is 4. The molecule has 0 radical (unpaired) electrons. The highest BCUT2D eigenvalue weighted by atomic mass is 32.1. The molecule has 2 rings (SSSR count). The van der Waals surface area contributed by atoms with Crippen LogP contribution in [0.3, 0.4) is 0 Å². The molecule has 2 aromatic rings. The van der Waals surface area contributed by atoms with Crippen molar-refractivity contribution in [3.63, 3.8) is 0 Å². The Labute approximate surface area is 138 Å². The lowest BCUT2D eigenvalue weighted by Gasteiger charge is -2.12. The van der Waals surface area contributed by atoms with Gasteiger partial charge in [-0.2, -0.15) is 0 Å². The average Bonchev–Trinajstić information content (AvgIpc) is 2.93. The molecule has 23 heavy (non-hydrogen) atoms. The first-order valence-electron chi connectivity index (χ1n) is 7.13. The fourth-order valence-corrected chi connectivity index (χ4v) is 2.76. The summed E-state index contributed by atoms with van der Waals surface area (Å²) in [6.45, 7) is 8.18. The summed E-state index contributed by atoms with van der Waals surface area (Å²) in [4.78, 5) is 23.3. The first kappa shape index (κ1) is 17.1. The summed E-state index contributed by atoms with van der Waals surface area (Å²) in [6, 6.07) is 4.55. The van der Waals surface area contributed by atoms with Crippen molar-refractivity contribution < 1.29 is 14.7 Å². The second-order valence-corrected chi connectivity index (χ2v) is 7.39. The number of amides is 1. The molecule has 122 valence electrons. The topological polar surface area (TPSA) is 92.2 Å². The van der Waals surface area contributed by atoms with Gasteiger partial charge in [0.05, 0.1) is 12.1 Å². The molecule has 1 aromatic heterocycles. The number of hydrogen-bond donors (Lipinski definition) is 2. The van der Waals surface area contributed by atoms with E-state index in [4.69, 9.17) is 5.11 Å². The van der Waals surface area contributed by atoms with E-state index < -0.39 is 5.97 Å². The van der Waals surface area contributed by atoms with Gasteiger partial charge in [-0.05, 0) is 30.7 Å². The van der Waals surface area contributed by atoms with Crippen molar-refractivity contribution in [2.45, 2.75) is 39.7 Å². The fourth-order valence-electron chi connectivity index (χ4n) is 1.92. The number of carboxylic acid groups (broad SMARTS) is 1. The van der Waals surface area contributed by atoms with Gasteiger partial charge in [0, 0.05) is 11.0 Å². The zero-order valence-electron chi connectivity index (χ0n) is 13.5. The smallest absolute Gasteiger partial charge is 0.335 e. The minimum Gasteiger partial charge on any atom is -0.478 e. The molecular formula is C16H19N3O3S. The van der Waals surface area contributed by atoms with Gasteiger partial charge < -0.3 is 10.4 Å². The van der Waals surface area contributed by atoms with Crippen LogP contribution in [0.25, 0.3) is 0 Å². The molecule has 0 spiro atoms. The van der Waals surface area contributed by atoms with E-state index in [0.717, 1.165) is 15.6 Å². The van der Waals surface area contributed by atoms with Gasteiger partial charge in [-0.15, -0.1) is 10.2 Å². The molecule has 7 heteroatoms. The van der Waals surface area contributed by atoms with Crippen molar-refractivity contribution in [3.05, 3.63) is 44.9 Å². The summed E-state index contributed by atoms with van der Waals surface area (Å²) < 4.78 is 0. The van der Waals surface area contributed by atoms with E-state index in [1.165, 1.54) is 23.5 Å². The van der Waals surface area contributed by atoms with Gasteiger partial charge in [0.1, 0.15) is 10.0 Å². The number of nitrogens with one attached hydrogen (secondary N) is 1. The van der Waals surface area contributed by atoms with Crippen LogP contribution in [0.5, 0.6) is 0 Å². The maximum atomic E-state index is 12.2. The van der Waals surface area contributed by atoms with E-state index in [-0.39, 0.29) is 23.4 Å². The molecular weight excluding hydrogens is 314 g/mol. The molecule has 0 fully saturated rings. The highest BCUT2D eigenvalue weighted by Gasteiger charge is 2.19. The Bertz CT molecular complexity index is 747. The molecule has 0 saturated carbocycles. The summed E-state index contributed by atoms with van der Waals surface area (Å²) in [5.41, 5.74) is 1.07. The van der Waals surface area contributed by atoms with Crippen molar-refractivity contribution >= 4 is 23.2 Å². The van der Waals surface area contributed by atoms with Crippen molar-refractivity contribution in [2.75, 3.05) is 0 Å². The Hall–Kier alpha value is -2.28. The highest BCUT2D eigenvalue weighted by molar-refractivity contribution is 7.11. The van der Waals surface area contributed by atoms with Gasteiger partial charge in [0.25, 0.3) is 5.91 Å². The highest BCUT2D eigenvalue weighted by Crippen LogP contribution is 2.25. The molecule has 0 atom stereocenters. The molecule has 0 bridgehead atoms. The number of aryl methyl sites for hydroxylation is 1. The minimum absolute atomic E-state index is 0.0765. The first-order chi connectivity index (χ1) is 10.7. The molecule has 6 nitrogen and oxygen atoms in total. The van der Waals surface area contributed by atoms with Gasteiger partial charge in [-0.1, -0.05) is 32.1 Å². The number of hydrogen-bond acceptors (Lipinski definition) is 5. The molecule has 0 aliphatic carbocycles. The fraction of sp³-hybridized carbons (Fsp3) is 0.375. The van der Waals surface area contributed by atoms with Crippen LogP contribution in [0.1, 0.15) is 57.1 Å². The van der Waals surface area contributed by atoms with Crippen LogP contribution in [-0.2, 0) is 12.0 Å². The Morgan fingerprint density at radius 3 is 2.39 bits per heavy atom.